The van der Waals surface area contributed by atoms with E-state index in [4.69, 9.17) is 18.2 Å². The lowest BCUT2D eigenvalue weighted by molar-refractivity contribution is 0.145. The predicted octanol–water partition coefficient (Wildman–Crippen LogP) is 5.02. The van der Waals surface area contributed by atoms with E-state index in [9.17, 15) is 17.2 Å². The van der Waals surface area contributed by atoms with Crippen molar-refractivity contribution in [1.82, 2.24) is 3.97 Å². The Kier molecular flexibility index (Phi) is 4.03. The number of hydrogen-bond acceptors (Lipinski definition) is 2. The third-order valence-electron chi connectivity index (χ3n) is 3.51. The summed E-state index contributed by atoms with van der Waals surface area (Å²) in [4.78, 5) is 3.08. The van der Waals surface area contributed by atoms with Gasteiger partial charge in [-0.1, -0.05) is 35.9 Å². The number of nitrogens with zero attached hydrogens (tertiary/aromatic N) is 2. The van der Waals surface area contributed by atoms with Crippen molar-refractivity contribution in [3.8, 4) is 0 Å². The number of fused-ring (bicyclic) bond motifs is 1. The van der Waals surface area contributed by atoms with E-state index in [-0.39, 0.29) is 26.5 Å². The Balaban J connectivity index is 2.42. The molecule has 24 heavy (non-hydrogen) atoms. The summed E-state index contributed by atoms with van der Waals surface area (Å²) in [5.41, 5.74) is -0.622. The average Bonchev–Trinajstić information content (AvgIpc) is 2.97. The fraction of sp³-hybridized carbons (Fsp3) is 0.0625. The normalized spacial score (nSPS) is 11.8. The summed E-state index contributed by atoms with van der Waals surface area (Å²) < 4.78 is 53.1. The Hall–Kier alpha value is -2.43. The van der Waals surface area contributed by atoms with Crippen LogP contribution in [0.3, 0.4) is 0 Å². The minimum Gasteiger partial charge on any atom is -0.237 e. The maximum Gasteiger partial charge on any atom is 0.279 e. The molecule has 0 saturated heterocycles. The molecule has 1 aromatic heterocycles. The van der Waals surface area contributed by atoms with Gasteiger partial charge in [0.25, 0.3) is 16.4 Å². The first-order valence-electron chi connectivity index (χ1n) is 6.68. The molecule has 0 amide bonds. The lowest BCUT2D eigenvalue weighted by Crippen LogP contribution is -2.15. The van der Waals surface area contributed by atoms with Crippen molar-refractivity contribution in [2.24, 2.45) is 0 Å². The van der Waals surface area contributed by atoms with E-state index in [1.807, 2.05) is 0 Å². The van der Waals surface area contributed by atoms with Gasteiger partial charge in [0.2, 0.25) is 5.69 Å². The SMILES string of the molecule is [C-]#[N+]c1ccc2c(cc(C(F)F)n2S(=O)(=O)c2ccccc2)c1Cl. The van der Waals surface area contributed by atoms with Gasteiger partial charge in [-0.2, -0.15) is 0 Å². The molecule has 0 spiro atoms. The number of rotatable bonds is 3. The van der Waals surface area contributed by atoms with Crippen molar-refractivity contribution in [3.05, 3.63) is 70.7 Å². The zero-order valence-corrected chi connectivity index (χ0v) is 13.5. The lowest BCUT2D eigenvalue weighted by Gasteiger charge is -2.11. The van der Waals surface area contributed by atoms with E-state index in [0.29, 0.717) is 3.97 Å². The van der Waals surface area contributed by atoms with Crippen LogP contribution in [0.5, 0.6) is 0 Å². The van der Waals surface area contributed by atoms with Crippen LogP contribution in [-0.4, -0.2) is 12.4 Å². The number of alkyl halides is 2. The van der Waals surface area contributed by atoms with Crippen LogP contribution >= 0.6 is 11.6 Å². The van der Waals surface area contributed by atoms with Gasteiger partial charge in [-0.15, -0.1) is 0 Å². The molecule has 0 N–H and O–H groups in total. The highest BCUT2D eigenvalue weighted by molar-refractivity contribution is 7.90. The molecule has 0 atom stereocenters. The summed E-state index contributed by atoms with van der Waals surface area (Å²) in [6.45, 7) is 7.03. The summed E-state index contributed by atoms with van der Waals surface area (Å²) in [7, 11) is -4.23. The van der Waals surface area contributed by atoms with Gasteiger partial charge in [-0.05, 0) is 24.3 Å². The number of hydrogen-bond donors (Lipinski definition) is 0. The molecule has 0 fully saturated rings. The second kappa shape index (κ2) is 5.89. The Morgan fingerprint density at radius 2 is 1.79 bits per heavy atom. The number of benzene rings is 2. The van der Waals surface area contributed by atoms with Gasteiger partial charge in [-0.3, -0.25) is 0 Å². The van der Waals surface area contributed by atoms with E-state index in [2.05, 4.69) is 4.85 Å². The Bertz CT molecular complexity index is 1070. The van der Waals surface area contributed by atoms with Crippen LogP contribution in [0, 0.1) is 6.57 Å². The van der Waals surface area contributed by atoms with E-state index in [0.717, 1.165) is 6.07 Å². The first-order valence-corrected chi connectivity index (χ1v) is 8.50. The van der Waals surface area contributed by atoms with Gasteiger partial charge in [-0.25, -0.2) is 26.0 Å². The third kappa shape index (κ3) is 2.44. The summed E-state index contributed by atoms with van der Waals surface area (Å²) in [5, 5.41) is 0.0476. The van der Waals surface area contributed by atoms with E-state index < -0.39 is 22.1 Å². The molecule has 0 saturated carbocycles. The number of aromatic nitrogens is 1. The minimum absolute atomic E-state index is 0.00607. The van der Waals surface area contributed by atoms with Crippen LogP contribution in [0.1, 0.15) is 12.1 Å². The molecule has 2 aromatic carbocycles. The maximum atomic E-state index is 13.4. The van der Waals surface area contributed by atoms with Crippen molar-refractivity contribution in [2.75, 3.05) is 0 Å². The summed E-state index contributed by atoms with van der Waals surface area (Å²) in [6, 6.07) is 10.9. The third-order valence-corrected chi connectivity index (χ3v) is 5.66. The van der Waals surface area contributed by atoms with Crippen LogP contribution in [-0.2, 0) is 10.0 Å². The van der Waals surface area contributed by atoms with Gasteiger partial charge < -0.3 is 0 Å². The molecule has 3 aromatic rings. The molecule has 0 radical (unpaired) electrons. The quantitative estimate of drug-likeness (QED) is 0.611. The maximum absolute atomic E-state index is 13.4. The van der Waals surface area contributed by atoms with Gasteiger partial charge in [0.05, 0.1) is 22.0 Å². The fourth-order valence-electron chi connectivity index (χ4n) is 2.44. The molecule has 4 nitrogen and oxygen atoms in total. The van der Waals surface area contributed by atoms with E-state index in [1.165, 1.54) is 36.4 Å². The molecule has 3 rings (SSSR count). The van der Waals surface area contributed by atoms with Gasteiger partial charge in [0, 0.05) is 5.39 Å². The molecule has 0 bridgehead atoms. The van der Waals surface area contributed by atoms with Crippen molar-refractivity contribution >= 4 is 38.2 Å². The largest absolute Gasteiger partial charge is 0.279 e. The zero-order chi connectivity index (χ0) is 17.5. The lowest BCUT2D eigenvalue weighted by atomic mass is 10.2. The standard InChI is InChI=1S/C16H9ClF2N2O2S/c1-20-12-7-8-13-11(15(12)17)9-14(16(18)19)21(13)24(22,23)10-5-3-2-4-6-10/h2-9,16H. The molecule has 1 heterocycles. The van der Waals surface area contributed by atoms with E-state index >= 15 is 0 Å². The molecule has 122 valence electrons. The Labute approximate surface area is 141 Å². The van der Waals surface area contributed by atoms with Crippen molar-refractivity contribution in [1.29, 1.82) is 0 Å². The van der Waals surface area contributed by atoms with Crippen LogP contribution in [0.25, 0.3) is 15.7 Å². The Morgan fingerprint density at radius 3 is 2.38 bits per heavy atom. The topological polar surface area (TPSA) is 43.4 Å². The van der Waals surface area contributed by atoms with Crippen molar-refractivity contribution in [3.63, 3.8) is 0 Å². The van der Waals surface area contributed by atoms with Crippen LogP contribution in [0.4, 0.5) is 14.5 Å². The molecule has 0 aliphatic heterocycles. The van der Waals surface area contributed by atoms with Gasteiger partial charge >= 0.3 is 0 Å². The van der Waals surface area contributed by atoms with Crippen LogP contribution in [0.15, 0.2) is 53.4 Å². The first-order chi connectivity index (χ1) is 11.4. The fourth-order valence-corrected chi connectivity index (χ4v) is 4.23. The highest BCUT2D eigenvalue weighted by atomic mass is 35.5. The molecule has 8 heteroatoms. The second-order valence-corrected chi connectivity index (χ2v) is 7.06. The van der Waals surface area contributed by atoms with Crippen LogP contribution < -0.4 is 0 Å². The van der Waals surface area contributed by atoms with E-state index in [1.54, 1.807) is 6.07 Å². The minimum atomic E-state index is -4.23. The monoisotopic (exact) mass is 366 g/mol. The predicted molar refractivity (Wildman–Crippen MR) is 87.2 cm³/mol. The molecule has 0 aliphatic carbocycles. The summed E-state index contributed by atoms with van der Waals surface area (Å²) in [6.07, 6.45) is -3.02. The molecular weight excluding hydrogens is 358 g/mol. The molecule has 0 unspecified atom stereocenters. The second-order valence-electron chi connectivity index (χ2n) is 4.90. The zero-order valence-electron chi connectivity index (χ0n) is 11.9. The molecular formula is C16H9ClF2N2O2S. The van der Waals surface area contributed by atoms with Crippen molar-refractivity contribution < 1.29 is 17.2 Å². The highest BCUT2D eigenvalue weighted by Gasteiger charge is 2.28. The van der Waals surface area contributed by atoms with Gasteiger partial charge in [0.1, 0.15) is 5.69 Å². The average molecular weight is 367 g/mol. The number of halogens is 3. The Morgan fingerprint density at radius 1 is 1.12 bits per heavy atom. The molecule has 0 aliphatic rings. The van der Waals surface area contributed by atoms with Gasteiger partial charge in [0.15, 0.2) is 0 Å². The summed E-state index contributed by atoms with van der Waals surface area (Å²) in [5.74, 6) is 0. The summed E-state index contributed by atoms with van der Waals surface area (Å²) >= 11 is 6.06. The first kappa shape index (κ1) is 16.4. The van der Waals surface area contributed by atoms with Crippen molar-refractivity contribution in [2.45, 2.75) is 11.3 Å². The smallest absolute Gasteiger partial charge is 0.237 e. The highest BCUT2D eigenvalue weighted by Crippen LogP contribution is 2.38. The van der Waals surface area contributed by atoms with Crippen LogP contribution in [0.2, 0.25) is 5.02 Å².